The first-order valence-corrected chi connectivity index (χ1v) is 7.47. The molecule has 0 bridgehead atoms. The van der Waals surface area contributed by atoms with Crippen molar-refractivity contribution >= 4 is 23.7 Å². The number of ether oxygens (including phenoxy) is 1. The second-order valence-corrected chi connectivity index (χ2v) is 5.30. The normalized spacial score (nSPS) is 11.4. The smallest absolute Gasteiger partial charge is 0.433 e. The summed E-state index contributed by atoms with van der Waals surface area (Å²) in [6, 6.07) is 7.37. The number of carbonyl (C=O) groups excluding carboxylic acids is 1. The molecule has 1 aromatic heterocycles. The van der Waals surface area contributed by atoms with Crippen LogP contribution in [-0.4, -0.2) is 39.0 Å². The third-order valence-electron chi connectivity index (χ3n) is 3.37. The monoisotopic (exact) mass is 378 g/mol. The van der Waals surface area contributed by atoms with E-state index < -0.39 is 34.7 Å². The summed E-state index contributed by atoms with van der Waals surface area (Å²) >= 11 is 0. The lowest BCUT2D eigenvalue weighted by atomic mass is 10.1. The predicted molar refractivity (Wildman–Crippen MR) is 87.0 cm³/mol. The van der Waals surface area contributed by atoms with Gasteiger partial charge in [-0.3, -0.25) is 14.9 Å². The lowest BCUT2D eigenvalue weighted by Gasteiger charge is -2.13. The molecule has 1 aromatic carbocycles. The van der Waals surface area contributed by atoms with Crippen LogP contribution in [0.5, 0.6) is 5.75 Å². The predicted octanol–water partition coefficient (Wildman–Crippen LogP) is 0.963. The van der Waals surface area contributed by atoms with Crippen LogP contribution in [0.25, 0.3) is 0 Å². The minimum Gasteiger partial charge on any atom is -0.486 e. The molecule has 0 saturated carbocycles. The van der Waals surface area contributed by atoms with E-state index in [1.807, 2.05) is 5.32 Å². The highest BCUT2D eigenvalue weighted by Crippen LogP contribution is 2.19. The summed E-state index contributed by atoms with van der Waals surface area (Å²) in [6.45, 7) is -0.0421. The van der Waals surface area contributed by atoms with Gasteiger partial charge >= 0.3 is 23.7 Å². The quantitative estimate of drug-likeness (QED) is 0.344. The van der Waals surface area contributed by atoms with Gasteiger partial charge in [0.2, 0.25) is 0 Å². The number of nitrogens with zero attached hydrogens (tertiary/aromatic N) is 1. The van der Waals surface area contributed by atoms with Gasteiger partial charge in [0.1, 0.15) is 29.1 Å². The summed E-state index contributed by atoms with van der Waals surface area (Å²) in [4.78, 5) is 42.7. The molecule has 0 saturated heterocycles. The first-order valence-electron chi connectivity index (χ1n) is 7.47. The third-order valence-corrected chi connectivity index (χ3v) is 3.37. The molecule has 2 aromatic rings. The molecule has 0 unspecified atom stereocenters. The van der Waals surface area contributed by atoms with Crippen LogP contribution < -0.4 is 10.1 Å². The molecule has 1 atom stereocenters. The van der Waals surface area contributed by atoms with Crippen LogP contribution in [0.4, 0.5) is 5.88 Å². The van der Waals surface area contributed by atoms with E-state index in [1.54, 1.807) is 12.1 Å². The van der Waals surface area contributed by atoms with E-state index >= 15 is 0 Å². The van der Waals surface area contributed by atoms with Crippen LogP contribution in [0.3, 0.4) is 0 Å². The standard InChI is InChI=1S/C16H14N2O9/c19-14(16(22)23)17-12(15(20)21)7-9-1-3-10(4-2-9)26-8-11-5-6-13(27-11)18(24)25/h1-6,12H,7-8H2,(H,17,19)(H,20,21)(H,22,23)/t12-/m1/s1. The molecule has 27 heavy (non-hydrogen) atoms. The molecular weight excluding hydrogens is 364 g/mol. The molecule has 0 aliphatic carbocycles. The Kier molecular flexibility index (Phi) is 6.10. The molecule has 11 heteroatoms. The van der Waals surface area contributed by atoms with Crippen molar-refractivity contribution in [3.05, 3.63) is 57.8 Å². The van der Waals surface area contributed by atoms with Crippen molar-refractivity contribution in [3.8, 4) is 5.75 Å². The van der Waals surface area contributed by atoms with Crippen molar-refractivity contribution in [1.29, 1.82) is 0 Å². The Bertz CT molecular complexity index is 857. The molecule has 11 nitrogen and oxygen atoms in total. The number of aliphatic carboxylic acids is 2. The summed E-state index contributed by atoms with van der Waals surface area (Å²) in [5, 5.41) is 30.1. The second kappa shape index (κ2) is 8.47. The van der Waals surface area contributed by atoms with Crippen molar-refractivity contribution in [2.24, 2.45) is 0 Å². The molecule has 0 aliphatic rings. The minimum atomic E-state index is -1.77. The first-order chi connectivity index (χ1) is 12.8. The van der Waals surface area contributed by atoms with Gasteiger partial charge in [0.05, 0.1) is 6.07 Å². The molecule has 0 fully saturated rings. The number of rotatable bonds is 8. The van der Waals surface area contributed by atoms with E-state index in [9.17, 15) is 24.5 Å². The van der Waals surface area contributed by atoms with Gasteiger partial charge in [0.25, 0.3) is 0 Å². The number of hydrogen-bond acceptors (Lipinski definition) is 7. The maximum absolute atomic E-state index is 11.1. The van der Waals surface area contributed by atoms with E-state index in [-0.39, 0.29) is 18.8 Å². The number of furan rings is 1. The number of nitrogens with one attached hydrogen (secondary N) is 1. The molecule has 0 spiro atoms. The van der Waals surface area contributed by atoms with Gasteiger partial charge < -0.3 is 24.7 Å². The minimum absolute atomic E-state index is 0.0421. The summed E-state index contributed by atoms with van der Waals surface area (Å²) < 4.78 is 10.4. The van der Waals surface area contributed by atoms with Crippen LogP contribution >= 0.6 is 0 Å². The SMILES string of the molecule is O=C(O)C(=O)N[C@H](Cc1ccc(OCc2ccc([N+](=O)[O-])o2)cc1)C(=O)O. The van der Waals surface area contributed by atoms with Crippen LogP contribution in [-0.2, 0) is 27.4 Å². The zero-order valence-electron chi connectivity index (χ0n) is 13.7. The van der Waals surface area contributed by atoms with Gasteiger partial charge in [-0.05, 0) is 23.8 Å². The summed E-state index contributed by atoms with van der Waals surface area (Å²) in [5.41, 5.74) is 0.522. The van der Waals surface area contributed by atoms with Gasteiger partial charge in [0.15, 0.2) is 0 Å². The maximum atomic E-state index is 11.1. The highest BCUT2D eigenvalue weighted by atomic mass is 16.6. The van der Waals surface area contributed by atoms with Gasteiger partial charge in [-0.1, -0.05) is 12.1 Å². The number of nitro groups is 1. The molecule has 0 aliphatic heterocycles. The van der Waals surface area contributed by atoms with Crippen LogP contribution in [0.1, 0.15) is 11.3 Å². The lowest BCUT2D eigenvalue weighted by Crippen LogP contribution is -2.45. The van der Waals surface area contributed by atoms with Crippen LogP contribution in [0.2, 0.25) is 0 Å². The Morgan fingerprint density at radius 2 is 1.81 bits per heavy atom. The molecule has 2 rings (SSSR count). The fourth-order valence-electron chi connectivity index (χ4n) is 2.07. The summed E-state index contributed by atoms with van der Waals surface area (Å²) in [6.07, 6.45) is -0.126. The Hall–Kier alpha value is -3.89. The number of carboxylic acids is 2. The zero-order chi connectivity index (χ0) is 20.0. The van der Waals surface area contributed by atoms with Crippen molar-refractivity contribution in [2.75, 3.05) is 0 Å². The van der Waals surface area contributed by atoms with Crippen molar-refractivity contribution in [3.63, 3.8) is 0 Å². The van der Waals surface area contributed by atoms with E-state index in [1.165, 1.54) is 24.3 Å². The summed E-state index contributed by atoms with van der Waals surface area (Å²) in [5.74, 6) is -4.29. The largest absolute Gasteiger partial charge is 0.486 e. The van der Waals surface area contributed by atoms with Gasteiger partial charge in [0, 0.05) is 6.42 Å². The number of carboxylic acid groups (broad SMARTS) is 2. The van der Waals surface area contributed by atoms with Crippen LogP contribution in [0, 0.1) is 10.1 Å². The Balaban J connectivity index is 1.94. The van der Waals surface area contributed by atoms with Crippen LogP contribution in [0.15, 0.2) is 40.8 Å². The highest BCUT2D eigenvalue weighted by Gasteiger charge is 2.23. The van der Waals surface area contributed by atoms with Gasteiger partial charge in [-0.2, -0.15) is 0 Å². The van der Waals surface area contributed by atoms with Gasteiger partial charge in [-0.25, -0.2) is 9.59 Å². The first kappa shape index (κ1) is 19.4. The van der Waals surface area contributed by atoms with E-state index in [2.05, 4.69) is 0 Å². The Morgan fingerprint density at radius 1 is 1.15 bits per heavy atom. The fraction of sp³-hybridized carbons (Fsp3) is 0.188. The average molecular weight is 378 g/mol. The molecule has 142 valence electrons. The molecule has 0 radical (unpaired) electrons. The molecule has 1 heterocycles. The molecule has 3 N–H and O–H groups in total. The van der Waals surface area contributed by atoms with E-state index in [4.69, 9.17) is 19.4 Å². The Labute approximate surface area is 151 Å². The molecular formula is C16H14N2O9. The number of hydrogen-bond donors (Lipinski definition) is 3. The second-order valence-electron chi connectivity index (χ2n) is 5.30. The Morgan fingerprint density at radius 3 is 2.33 bits per heavy atom. The van der Waals surface area contributed by atoms with Crippen molar-refractivity contribution in [1.82, 2.24) is 5.32 Å². The maximum Gasteiger partial charge on any atom is 0.433 e. The number of benzene rings is 1. The highest BCUT2D eigenvalue weighted by molar-refractivity contribution is 6.31. The van der Waals surface area contributed by atoms with Gasteiger partial charge in [-0.15, -0.1) is 0 Å². The average Bonchev–Trinajstić information content (AvgIpc) is 3.09. The molecule has 1 amide bonds. The summed E-state index contributed by atoms with van der Waals surface area (Å²) in [7, 11) is 0. The lowest BCUT2D eigenvalue weighted by molar-refractivity contribution is -0.402. The van der Waals surface area contributed by atoms with Crippen molar-refractivity contribution < 1.29 is 38.7 Å². The van der Waals surface area contributed by atoms with Crippen molar-refractivity contribution in [2.45, 2.75) is 19.1 Å². The fourth-order valence-corrected chi connectivity index (χ4v) is 2.07. The number of carbonyl (C=O) groups is 3. The van der Waals surface area contributed by atoms with E-state index in [0.29, 0.717) is 11.3 Å². The topological polar surface area (TPSA) is 169 Å². The van der Waals surface area contributed by atoms with E-state index in [0.717, 1.165) is 0 Å². The number of amides is 1. The zero-order valence-corrected chi connectivity index (χ0v) is 13.7. The third kappa shape index (κ3) is 5.56.